The van der Waals surface area contributed by atoms with Gasteiger partial charge in [0.2, 0.25) is 0 Å². The molecule has 4 aliphatic carbocycles. The minimum atomic E-state index is -0.353. The molecule has 1 aromatic heterocycles. The summed E-state index contributed by atoms with van der Waals surface area (Å²) in [5.74, 6) is 3.36. The van der Waals surface area contributed by atoms with E-state index in [0.29, 0.717) is 11.0 Å². The Morgan fingerprint density at radius 3 is 2.08 bits per heavy atom. The SMILES string of the molecule is COC(=O)c1cccc2nc(-c3ccc(Nc4ccc(C56CC7CC(CC(C7)C5)C6)cc4)cc3)n(C)c12. The molecule has 37 heavy (non-hydrogen) atoms. The Labute approximate surface area is 217 Å². The Kier molecular flexibility index (Phi) is 5.17. The largest absolute Gasteiger partial charge is 0.465 e. The van der Waals surface area contributed by atoms with Gasteiger partial charge in [-0.3, -0.25) is 0 Å². The molecule has 8 rings (SSSR count). The van der Waals surface area contributed by atoms with Gasteiger partial charge in [-0.25, -0.2) is 9.78 Å². The van der Waals surface area contributed by atoms with Crippen molar-refractivity contribution in [3.8, 4) is 11.4 Å². The summed E-state index contributed by atoms with van der Waals surface area (Å²) >= 11 is 0. The van der Waals surface area contributed by atoms with Crippen molar-refractivity contribution in [3.63, 3.8) is 0 Å². The minimum Gasteiger partial charge on any atom is -0.465 e. The molecule has 0 unspecified atom stereocenters. The number of fused-ring (bicyclic) bond motifs is 1. The van der Waals surface area contributed by atoms with Crippen LogP contribution in [0.5, 0.6) is 0 Å². The summed E-state index contributed by atoms with van der Waals surface area (Å²) in [5.41, 5.74) is 7.24. The second kappa shape index (κ2) is 8.47. The molecule has 4 saturated carbocycles. The zero-order valence-corrected chi connectivity index (χ0v) is 21.5. The highest BCUT2D eigenvalue weighted by Crippen LogP contribution is 2.60. The molecule has 4 aliphatic rings. The predicted octanol–water partition coefficient (Wildman–Crippen LogP) is 7.24. The maximum Gasteiger partial charge on any atom is 0.340 e. The average molecular weight is 492 g/mol. The Balaban J connectivity index is 1.10. The molecule has 0 spiro atoms. The molecule has 0 radical (unpaired) electrons. The highest BCUT2D eigenvalue weighted by molar-refractivity contribution is 6.03. The van der Waals surface area contributed by atoms with Crippen LogP contribution in [0.3, 0.4) is 0 Å². The molecule has 0 aliphatic heterocycles. The number of nitrogens with zero attached hydrogens (tertiary/aromatic N) is 2. The molecule has 3 aromatic carbocycles. The smallest absolute Gasteiger partial charge is 0.340 e. The van der Waals surface area contributed by atoms with Crippen LogP contribution >= 0.6 is 0 Å². The number of aryl methyl sites for hydroxylation is 1. The van der Waals surface area contributed by atoms with Gasteiger partial charge in [0, 0.05) is 24.0 Å². The molecule has 188 valence electrons. The van der Waals surface area contributed by atoms with Crippen molar-refractivity contribution >= 4 is 28.4 Å². The summed E-state index contributed by atoms with van der Waals surface area (Å²) in [7, 11) is 3.34. The first kappa shape index (κ1) is 22.6. The zero-order chi connectivity index (χ0) is 25.1. The molecule has 4 aromatic rings. The molecular weight excluding hydrogens is 458 g/mol. The number of imidazole rings is 1. The van der Waals surface area contributed by atoms with Crippen LogP contribution in [0.15, 0.2) is 66.7 Å². The van der Waals surface area contributed by atoms with Gasteiger partial charge >= 0.3 is 5.97 Å². The third-order valence-electron chi connectivity index (χ3n) is 9.27. The lowest BCUT2D eigenvalue weighted by molar-refractivity contribution is -0.00518. The standard InChI is InChI=1S/C32H33N3O2/c1-35-29-27(31(36)37-2)4-3-5-28(29)34-30(35)23-6-10-25(11-7-23)33-26-12-8-24(9-13-26)32-17-20-14-21(18-32)16-22(15-20)19-32/h3-13,20-22,33H,14-19H2,1-2H3. The van der Waals surface area contributed by atoms with Crippen molar-refractivity contribution in [2.75, 3.05) is 12.4 Å². The first-order chi connectivity index (χ1) is 18.0. The van der Waals surface area contributed by atoms with Gasteiger partial charge in [-0.2, -0.15) is 0 Å². The Morgan fingerprint density at radius 1 is 0.892 bits per heavy atom. The lowest BCUT2D eigenvalue weighted by Gasteiger charge is -2.57. The number of rotatable bonds is 5. The molecule has 5 heteroatoms. The van der Waals surface area contributed by atoms with E-state index < -0.39 is 0 Å². The van der Waals surface area contributed by atoms with E-state index in [4.69, 9.17) is 9.72 Å². The summed E-state index contributed by atoms with van der Waals surface area (Å²) in [5, 5.41) is 3.57. The summed E-state index contributed by atoms with van der Waals surface area (Å²) < 4.78 is 6.93. The van der Waals surface area contributed by atoms with Crippen LogP contribution in [-0.2, 0) is 17.2 Å². The number of benzene rings is 3. The van der Waals surface area contributed by atoms with Crippen molar-refractivity contribution in [2.45, 2.75) is 43.9 Å². The van der Waals surface area contributed by atoms with Gasteiger partial charge < -0.3 is 14.6 Å². The fraction of sp³-hybridized carbons (Fsp3) is 0.375. The summed E-state index contributed by atoms with van der Waals surface area (Å²) in [6.07, 6.45) is 8.64. The van der Waals surface area contributed by atoms with E-state index in [0.717, 1.165) is 51.5 Å². The van der Waals surface area contributed by atoms with Crippen molar-refractivity contribution in [3.05, 3.63) is 77.9 Å². The van der Waals surface area contributed by atoms with E-state index in [1.165, 1.54) is 45.6 Å². The first-order valence-corrected chi connectivity index (χ1v) is 13.5. The number of nitrogens with one attached hydrogen (secondary N) is 1. The fourth-order valence-electron chi connectivity index (χ4n) is 8.04. The van der Waals surface area contributed by atoms with Crippen molar-refractivity contribution in [1.29, 1.82) is 0 Å². The van der Waals surface area contributed by atoms with Crippen LogP contribution in [-0.4, -0.2) is 22.6 Å². The Bertz CT molecular complexity index is 1450. The predicted molar refractivity (Wildman–Crippen MR) is 147 cm³/mol. The van der Waals surface area contributed by atoms with Crippen molar-refractivity contribution in [2.24, 2.45) is 24.8 Å². The number of para-hydroxylation sites is 1. The highest BCUT2D eigenvalue weighted by atomic mass is 16.5. The van der Waals surface area contributed by atoms with Gasteiger partial charge in [0.15, 0.2) is 0 Å². The van der Waals surface area contributed by atoms with Gasteiger partial charge in [-0.05, 0) is 116 Å². The number of hydrogen-bond acceptors (Lipinski definition) is 4. The van der Waals surface area contributed by atoms with Crippen molar-refractivity contribution < 1.29 is 9.53 Å². The van der Waals surface area contributed by atoms with Crippen LogP contribution in [0.1, 0.15) is 54.4 Å². The molecule has 0 amide bonds. The fourth-order valence-corrected chi connectivity index (χ4v) is 8.04. The van der Waals surface area contributed by atoms with E-state index >= 15 is 0 Å². The second-order valence-electron chi connectivity index (χ2n) is 11.6. The van der Waals surface area contributed by atoms with Gasteiger partial charge in [0.1, 0.15) is 5.82 Å². The third kappa shape index (κ3) is 3.75. The molecular formula is C32H33N3O2. The molecule has 4 bridgehead atoms. The second-order valence-corrected chi connectivity index (χ2v) is 11.6. The summed E-state index contributed by atoms with van der Waals surface area (Å²) in [6, 6.07) is 23.1. The third-order valence-corrected chi connectivity index (χ3v) is 9.27. The maximum absolute atomic E-state index is 12.3. The highest BCUT2D eigenvalue weighted by Gasteiger charge is 2.51. The van der Waals surface area contributed by atoms with Crippen LogP contribution < -0.4 is 5.32 Å². The molecule has 4 fully saturated rings. The Hall–Kier alpha value is -3.60. The molecule has 1 heterocycles. The minimum absolute atomic E-state index is 0.353. The quantitative estimate of drug-likeness (QED) is 0.299. The van der Waals surface area contributed by atoms with E-state index in [1.807, 2.05) is 23.7 Å². The number of anilines is 2. The first-order valence-electron chi connectivity index (χ1n) is 13.5. The monoisotopic (exact) mass is 491 g/mol. The van der Waals surface area contributed by atoms with E-state index in [1.54, 1.807) is 11.6 Å². The van der Waals surface area contributed by atoms with E-state index in [-0.39, 0.29) is 5.97 Å². The van der Waals surface area contributed by atoms with Crippen LogP contribution in [0, 0.1) is 17.8 Å². The van der Waals surface area contributed by atoms with E-state index in [9.17, 15) is 4.79 Å². The normalized spacial score (nSPS) is 25.9. The van der Waals surface area contributed by atoms with Crippen LogP contribution in [0.25, 0.3) is 22.4 Å². The number of carbonyl (C=O) groups is 1. The topological polar surface area (TPSA) is 56.1 Å². The van der Waals surface area contributed by atoms with E-state index in [2.05, 4.69) is 53.8 Å². The van der Waals surface area contributed by atoms with Gasteiger partial charge in [-0.1, -0.05) is 18.2 Å². The Morgan fingerprint density at radius 2 is 1.49 bits per heavy atom. The zero-order valence-electron chi connectivity index (χ0n) is 21.5. The molecule has 0 saturated heterocycles. The number of carbonyl (C=O) groups excluding carboxylic acids is 1. The lowest BCUT2D eigenvalue weighted by Crippen LogP contribution is -2.48. The van der Waals surface area contributed by atoms with Gasteiger partial charge in [0.05, 0.1) is 23.7 Å². The number of aromatic nitrogens is 2. The number of methoxy groups -OCH3 is 1. The van der Waals surface area contributed by atoms with Crippen molar-refractivity contribution in [1.82, 2.24) is 9.55 Å². The van der Waals surface area contributed by atoms with Crippen LogP contribution in [0.4, 0.5) is 11.4 Å². The maximum atomic E-state index is 12.3. The average Bonchev–Trinajstić information content (AvgIpc) is 3.25. The van der Waals surface area contributed by atoms with Crippen LogP contribution in [0.2, 0.25) is 0 Å². The lowest BCUT2D eigenvalue weighted by atomic mass is 9.48. The molecule has 1 N–H and O–H groups in total. The summed E-state index contributed by atoms with van der Waals surface area (Å²) in [4.78, 5) is 17.0. The van der Waals surface area contributed by atoms with Gasteiger partial charge in [0.25, 0.3) is 0 Å². The molecule has 5 nitrogen and oxygen atoms in total. The number of hydrogen-bond donors (Lipinski definition) is 1. The number of ether oxygens (including phenoxy) is 1. The number of esters is 1. The van der Waals surface area contributed by atoms with Gasteiger partial charge in [-0.15, -0.1) is 0 Å². The molecule has 0 atom stereocenters. The summed E-state index contributed by atoms with van der Waals surface area (Å²) in [6.45, 7) is 0.